The number of nitrogens with zero attached hydrogens (tertiary/aromatic N) is 4. The lowest BCUT2D eigenvalue weighted by atomic mass is 9.82. The summed E-state index contributed by atoms with van der Waals surface area (Å²) in [6.45, 7) is 5.33. The van der Waals surface area contributed by atoms with E-state index in [1.807, 2.05) is 58.4 Å². The van der Waals surface area contributed by atoms with Gasteiger partial charge in [0.05, 0.1) is 17.2 Å². The molecule has 1 saturated carbocycles. The molecular formula is C30H38N6O2S. The third-order valence-corrected chi connectivity index (χ3v) is 8.04. The summed E-state index contributed by atoms with van der Waals surface area (Å²) in [6.07, 6.45) is 8.84. The lowest BCUT2D eigenvalue weighted by Gasteiger charge is -2.23. The molecule has 0 bridgehead atoms. The van der Waals surface area contributed by atoms with Crippen LogP contribution in [0.4, 0.5) is 17.3 Å². The van der Waals surface area contributed by atoms with Crippen LogP contribution >= 0.6 is 11.3 Å². The molecular weight excluding hydrogens is 508 g/mol. The molecule has 1 aliphatic carbocycles. The van der Waals surface area contributed by atoms with E-state index in [-0.39, 0.29) is 5.91 Å². The van der Waals surface area contributed by atoms with Gasteiger partial charge in [-0.15, -0.1) is 0 Å². The number of thiophene rings is 1. The average Bonchev–Trinajstić information content (AvgIpc) is 3.28. The van der Waals surface area contributed by atoms with Crippen molar-refractivity contribution in [2.75, 3.05) is 37.9 Å². The van der Waals surface area contributed by atoms with Crippen molar-refractivity contribution in [2.45, 2.75) is 64.7 Å². The molecule has 4 rings (SSSR count). The molecule has 0 unspecified atom stereocenters. The third kappa shape index (κ3) is 7.34. The Morgan fingerprint density at radius 1 is 1.23 bits per heavy atom. The first kappa shape index (κ1) is 28.5. The molecule has 0 spiro atoms. The minimum absolute atomic E-state index is 0.00536. The lowest BCUT2D eigenvalue weighted by Crippen LogP contribution is -2.17. The van der Waals surface area contributed by atoms with Gasteiger partial charge in [-0.25, -0.2) is 9.97 Å². The molecule has 8 nitrogen and oxygen atoms in total. The second-order valence-electron chi connectivity index (χ2n) is 10.3. The highest BCUT2D eigenvalue weighted by molar-refractivity contribution is 7.17. The second-order valence-corrected chi connectivity index (χ2v) is 11.3. The van der Waals surface area contributed by atoms with Gasteiger partial charge < -0.3 is 20.3 Å². The summed E-state index contributed by atoms with van der Waals surface area (Å²) < 4.78 is 5.91. The lowest BCUT2D eigenvalue weighted by molar-refractivity contribution is -0.116. The number of hydrogen-bond acceptors (Lipinski definition) is 8. The topological polar surface area (TPSA) is 103 Å². The zero-order valence-electron chi connectivity index (χ0n) is 23.3. The molecule has 0 aliphatic heterocycles. The molecule has 39 heavy (non-hydrogen) atoms. The molecule has 3 aromatic rings. The highest BCUT2D eigenvalue weighted by Crippen LogP contribution is 2.48. The quantitative estimate of drug-likeness (QED) is 0.271. The summed E-state index contributed by atoms with van der Waals surface area (Å²) in [7, 11) is 4.00. The van der Waals surface area contributed by atoms with Crippen molar-refractivity contribution >= 4 is 34.6 Å². The predicted octanol–water partition coefficient (Wildman–Crippen LogP) is 6.86. The van der Waals surface area contributed by atoms with Crippen LogP contribution in [-0.2, 0) is 4.79 Å². The molecule has 1 fully saturated rings. The van der Waals surface area contributed by atoms with Crippen molar-refractivity contribution in [3.05, 3.63) is 47.2 Å². The van der Waals surface area contributed by atoms with Crippen LogP contribution in [0.1, 0.15) is 74.5 Å². The van der Waals surface area contributed by atoms with Gasteiger partial charge in [-0.05, 0) is 89.0 Å². The van der Waals surface area contributed by atoms with Crippen molar-refractivity contribution in [1.82, 2.24) is 14.9 Å². The SMILES string of the molecule is CCOc1sc(-c2nc(Nc3cccc(NC(=O)CCCN(C)C)c3)ncc2C)c(C2CCCCC2)c1C#N. The molecule has 1 aliphatic rings. The van der Waals surface area contributed by atoms with Crippen LogP contribution in [0.3, 0.4) is 0 Å². The van der Waals surface area contributed by atoms with Crippen molar-refractivity contribution in [2.24, 2.45) is 0 Å². The minimum Gasteiger partial charge on any atom is -0.483 e. The van der Waals surface area contributed by atoms with Crippen molar-refractivity contribution < 1.29 is 9.53 Å². The largest absolute Gasteiger partial charge is 0.483 e. The Morgan fingerprint density at radius 2 is 2.00 bits per heavy atom. The Balaban J connectivity index is 1.59. The van der Waals surface area contributed by atoms with Crippen molar-refractivity contribution in [3.8, 4) is 21.7 Å². The maximum absolute atomic E-state index is 12.4. The fourth-order valence-corrected chi connectivity index (χ4v) is 6.33. The van der Waals surface area contributed by atoms with E-state index in [9.17, 15) is 10.1 Å². The first-order valence-corrected chi connectivity index (χ1v) is 14.6. The van der Waals surface area contributed by atoms with Crippen LogP contribution in [0.2, 0.25) is 0 Å². The molecule has 1 aromatic carbocycles. The third-order valence-electron chi connectivity index (χ3n) is 6.91. The Hall–Kier alpha value is -3.48. The van der Waals surface area contributed by atoms with Gasteiger partial charge >= 0.3 is 0 Å². The number of anilines is 3. The number of carbonyl (C=O) groups excluding carboxylic acids is 1. The molecule has 0 radical (unpaired) electrons. The summed E-state index contributed by atoms with van der Waals surface area (Å²) in [5.74, 6) is 0.788. The average molecular weight is 547 g/mol. The second kappa shape index (κ2) is 13.5. The molecule has 2 heterocycles. The first-order chi connectivity index (χ1) is 18.9. The van der Waals surface area contributed by atoms with Gasteiger partial charge in [0.1, 0.15) is 11.6 Å². The highest BCUT2D eigenvalue weighted by Gasteiger charge is 2.29. The van der Waals surface area contributed by atoms with Gasteiger partial charge in [0, 0.05) is 24.0 Å². The van der Waals surface area contributed by atoms with E-state index in [0.29, 0.717) is 35.5 Å². The minimum atomic E-state index is -0.00536. The van der Waals surface area contributed by atoms with Gasteiger partial charge in [-0.3, -0.25) is 4.79 Å². The number of amides is 1. The Bertz CT molecular complexity index is 1320. The van der Waals surface area contributed by atoms with Crippen LogP contribution in [0.5, 0.6) is 5.06 Å². The summed E-state index contributed by atoms with van der Waals surface area (Å²) in [5, 5.41) is 17.1. The van der Waals surface area contributed by atoms with Gasteiger partial charge in [0.15, 0.2) is 5.06 Å². The predicted molar refractivity (Wildman–Crippen MR) is 158 cm³/mol. The summed E-state index contributed by atoms with van der Waals surface area (Å²) in [6, 6.07) is 10.0. The summed E-state index contributed by atoms with van der Waals surface area (Å²) >= 11 is 1.52. The molecule has 206 valence electrons. The van der Waals surface area contributed by atoms with Crippen LogP contribution < -0.4 is 15.4 Å². The van der Waals surface area contributed by atoms with E-state index < -0.39 is 0 Å². The van der Waals surface area contributed by atoms with E-state index in [0.717, 1.165) is 58.9 Å². The van der Waals surface area contributed by atoms with Crippen LogP contribution in [-0.4, -0.2) is 48.0 Å². The Morgan fingerprint density at radius 3 is 2.72 bits per heavy atom. The van der Waals surface area contributed by atoms with E-state index in [2.05, 4.69) is 26.6 Å². The van der Waals surface area contributed by atoms with Gasteiger partial charge in [-0.1, -0.05) is 36.7 Å². The number of aryl methyl sites for hydroxylation is 1. The number of carbonyl (C=O) groups is 1. The summed E-state index contributed by atoms with van der Waals surface area (Å²) in [4.78, 5) is 24.9. The fourth-order valence-electron chi connectivity index (χ4n) is 5.03. The highest BCUT2D eigenvalue weighted by atomic mass is 32.1. The Labute approximate surface area is 235 Å². The number of nitrogens with one attached hydrogen (secondary N) is 2. The molecule has 2 N–H and O–H groups in total. The normalized spacial score (nSPS) is 13.7. The number of ether oxygens (including phenoxy) is 1. The number of aromatic nitrogens is 2. The smallest absolute Gasteiger partial charge is 0.227 e. The number of rotatable bonds is 11. The molecule has 0 saturated heterocycles. The number of hydrogen-bond donors (Lipinski definition) is 2. The molecule has 9 heteroatoms. The number of nitriles is 1. The standard InChI is InChI=1S/C30H38N6O2S/c1-5-38-29-24(18-31)26(21-11-7-6-8-12-21)28(39-29)27-20(2)19-32-30(35-27)34-23-14-9-13-22(17-23)33-25(37)15-10-16-36(3)4/h9,13-14,17,19,21H,5-8,10-12,15-16H2,1-4H3,(H,33,37)(H,32,34,35). The first-order valence-electron chi connectivity index (χ1n) is 13.7. The van der Waals surface area contributed by atoms with Crippen molar-refractivity contribution in [3.63, 3.8) is 0 Å². The van der Waals surface area contributed by atoms with Gasteiger partial charge in [0.2, 0.25) is 11.9 Å². The van der Waals surface area contributed by atoms with Crippen LogP contribution in [0, 0.1) is 18.3 Å². The summed E-state index contributed by atoms with van der Waals surface area (Å²) in [5.41, 5.74) is 5.01. The van der Waals surface area contributed by atoms with Gasteiger partial charge in [0.25, 0.3) is 0 Å². The molecule has 1 amide bonds. The van der Waals surface area contributed by atoms with E-state index in [1.54, 1.807) is 0 Å². The van der Waals surface area contributed by atoms with Gasteiger partial charge in [-0.2, -0.15) is 5.26 Å². The molecule has 0 atom stereocenters. The molecule has 2 aromatic heterocycles. The van der Waals surface area contributed by atoms with E-state index >= 15 is 0 Å². The zero-order chi connectivity index (χ0) is 27.8. The van der Waals surface area contributed by atoms with Crippen molar-refractivity contribution in [1.29, 1.82) is 5.26 Å². The maximum Gasteiger partial charge on any atom is 0.227 e. The van der Waals surface area contributed by atoms with Crippen LogP contribution in [0.25, 0.3) is 10.6 Å². The van der Waals surface area contributed by atoms with Crippen LogP contribution in [0.15, 0.2) is 30.5 Å². The maximum atomic E-state index is 12.4. The zero-order valence-corrected chi connectivity index (χ0v) is 24.2. The van der Waals surface area contributed by atoms with E-state index in [4.69, 9.17) is 9.72 Å². The monoisotopic (exact) mass is 546 g/mol. The fraction of sp³-hybridized carbons (Fsp3) is 0.467. The number of benzene rings is 1. The Kier molecular flexibility index (Phi) is 9.90. The van der Waals surface area contributed by atoms with E-state index in [1.165, 1.54) is 30.6 Å².